The number of benzene rings is 2. The number of ether oxygens (including phenoxy) is 1. The lowest BCUT2D eigenvalue weighted by molar-refractivity contribution is -0.357. The zero-order valence-corrected chi connectivity index (χ0v) is 17.1. The molecule has 0 unspecified atom stereocenters. The van der Waals surface area contributed by atoms with Gasteiger partial charge >= 0.3 is 0 Å². The third-order valence-electron chi connectivity index (χ3n) is 5.49. The molecule has 3 rings (SSSR count). The molecule has 0 saturated carbocycles. The Kier molecular flexibility index (Phi) is 6.94. The molecule has 30 heavy (non-hydrogen) atoms. The highest BCUT2D eigenvalue weighted by Crippen LogP contribution is 2.37. The smallest absolute Gasteiger partial charge is 0.222 e. The minimum absolute atomic E-state index is 0.241. The fourth-order valence-electron chi connectivity index (χ4n) is 3.59. The van der Waals surface area contributed by atoms with E-state index in [1.165, 1.54) is 0 Å². The first-order chi connectivity index (χ1) is 14.3. The molecule has 2 aromatic carbocycles. The molecule has 1 aliphatic heterocycles. The summed E-state index contributed by atoms with van der Waals surface area (Å²) >= 11 is 0. The standard InChI is InChI=1S/C24H28O6/c1-3-4-5-16-7-9-17(10-8-16)12-18-13-19(11-6-15(18)2)24(29)23(28)22(27)21(26)20(14-25)30-24/h6-11,13,20-23,25-29H,3,12,14H2,1-2H3/t20-,21-,22+,23-,24-/m1/s1. The molecule has 5 N–H and O–H groups in total. The van der Waals surface area contributed by atoms with Crippen molar-refractivity contribution in [2.24, 2.45) is 0 Å². The van der Waals surface area contributed by atoms with Crippen LogP contribution in [0.3, 0.4) is 0 Å². The van der Waals surface area contributed by atoms with Gasteiger partial charge in [0.15, 0.2) is 0 Å². The monoisotopic (exact) mass is 412 g/mol. The summed E-state index contributed by atoms with van der Waals surface area (Å²) in [7, 11) is 0. The lowest BCUT2D eigenvalue weighted by Crippen LogP contribution is -2.63. The number of rotatable bonds is 4. The number of aliphatic hydroxyl groups excluding tert-OH is 4. The Balaban J connectivity index is 1.89. The van der Waals surface area contributed by atoms with Gasteiger partial charge in [-0.15, -0.1) is 0 Å². The Hall–Kier alpha value is -2.24. The van der Waals surface area contributed by atoms with E-state index in [9.17, 15) is 25.5 Å². The Morgan fingerprint density at radius 3 is 2.37 bits per heavy atom. The molecule has 1 heterocycles. The van der Waals surface area contributed by atoms with Gasteiger partial charge in [0.05, 0.1) is 6.61 Å². The van der Waals surface area contributed by atoms with Crippen LogP contribution < -0.4 is 0 Å². The van der Waals surface area contributed by atoms with Crippen molar-refractivity contribution < 1.29 is 30.3 Å². The van der Waals surface area contributed by atoms with Crippen molar-refractivity contribution in [2.75, 3.05) is 6.61 Å². The lowest BCUT2D eigenvalue weighted by atomic mass is 9.86. The van der Waals surface area contributed by atoms with Crippen LogP contribution >= 0.6 is 0 Å². The summed E-state index contributed by atoms with van der Waals surface area (Å²) in [6.45, 7) is 3.33. The van der Waals surface area contributed by atoms with Crippen LogP contribution in [0.1, 0.15) is 41.2 Å². The van der Waals surface area contributed by atoms with Crippen LogP contribution in [-0.4, -0.2) is 56.6 Å². The van der Waals surface area contributed by atoms with Gasteiger partial charge in [0, 0.05) is 17.5 Å². The molecule has 0 aliphatic carbocycles. The maximum absolute atomic E-state index is 11.0. The summed E-state index contributed by atoms with van der Waals surface area (Å²) in [6, 6.07) is 13.0. The van der Waals surface area contributed by atoms with Gasteiger partial charge in [-0.3, -0.25) is 0 Å². The first-order valence-electron chi connectivity index (χ1n) is 10.0. The van der Waals surface area contributed by atoms with Crippen molar-refractivity contribution in [3.05, 3.63) is 70.3 Å². The van der Waals surface area contributed by atoms with Crippen molar-refractivity contribution in [3.63, 3.8) is 0 Å². The average molecular weight is 412 g/mol. The van der Waals surface area contributed by atoms with Crippen LogP contribution in [0.25, 0.3) is 0 Å². The molecule has 0 spiro atoms. The molecular weight excluding hydrogens is 384 g/mol. The van der Waals surface area contributed by atoms with Crippen LogP contribution in [0.5, 0.6) is 0 Å². The van der Waals surface area contributed by atoms with E-state index in [0.717, 1.165) is 28.7 Å². The Bertz CT molecular complexity index is 927. The molecule has 1 saturated heterocycles. The number of hydrogen-bond acceptors (Lipinski definition) is 6. The van der Waals surface area contributed by atoms with E-state index >= 15 is 0 Å². The summed E-state index contributed by atoms with van der Waals surface area (Å²) in [4.78, 5) is 0. The van der Waals surface area contributed by atoms with Gasteiger partial charge in [0.1, 0.15) is 24.4 Å². The molecule has 2 aromatic rings. The molecule has 0 aromatic heterocycles. The fraction of sp³-hybridized carbons (Fsp3) is 0.417. The van der Waals surface area contributed by atoms with Gasteiger partial charge in [-0.25, -0.2) is 0 Å². The molecule has 0 amide bonds. The minimum Gasteiger partial charge on any atom is -0.394 e. The summed E-state index contributed by atoms with van der Waals surface area (Å²) in [5, 5.41) is 50.9. The van der Waals surface area contributed by atoms with E-state index in [0.29, 0.717) is 6.42 Å². The van der Waals surface area contributed by atoms with Crippen LogP contribution in [0, 0.1) is 18.8 Å². The van der Waals surface area contributed by atoms with Gasteiger partial charge in [0.25, 0.3) is 0 Å². The molecule has 0 bridgehead atoms. The van der Waals surface area contributed by atoms with E-state index in [1.807, 2.05) is 38.1 Å². The second-order valence-electron chi connectivity index (χ2n) is 7.63. The summed E-state index contributed by atoms with van der Waals surface area (Å²) in [6.07, 6.45) is -4.79. The first-order valence-corrected chi connectivity index (χ1v) is 10.0. The molecular formula is C24H28O6. The average Bonchev–Trinajstić information content (AvgIpc) is 2.75. The lowest BCUT2D eigenvalue weighted by Gasteiger charge is -2.45. The Morgan fingerprint density at radius 1 is 1.03 bits per heavy atom. The molecule has 1 fully saturated rings. The fourth-order valence-corrected chi connectivity index (χ4v) is 3.59. The van der Waals surface area contributed by atoms with E-state index < -0.39 is 36.8 Å². The van der Waals surface area contributed by atoms with Crippen LogP contribution in [0.4, 0.5) is 0 Å². The zero-order chi connectivity index (χ0) is 21.9. The number of aryl methyl sites for hydroxylation is 1. The van der Waals surface area contributed by atoms with Gasteiger partial charge in [-0.05, 0) is 48.2 Å². The highest BCUT2D eigenvalue weighted by Gasteiger charge is 2.53. The topological polar surface area (TPSA) is 110 Å². The maximum Gasteiger partial charge on any atom is 0.222 e. The predicted octanol–water partition coefficient (Wildman–Crippen LogP) is 0.966. The largest absolute Gasteiger partial charge is 0.394 e. The highest BCUT2D eigenvalue weighted by atomic mass is 16.7. The predicted molar refractivity (Wildman–Crippen MR) is 111 cm³/mol. The summed E-state index contributed by atoms with van der Waals surface area (Å²) in [5.74, 6) is 3.87. The van der Waals surface area contributed by atoms with Gasteiger partial charge in [0.2, 0.25) is 5.79 Å². The van der Waals surface area contributed by atoms with E-state index in [1.54, 1.807) is 18.2 Å². The van der Waals surface area contributed by atoms with Crippen molar-refractivity contribution in [1.82, 2.24) is 0 Å². The van der Waals surface area contributed by atoms with Gasteiger partial charge < -0.3 is 30.3 Å². The van der Waals surface area contributed by atoms with Crippen molar-refractivity contribution in [1.29, 1.82) is 0 Å². The van der Waals surface area contributed by atoms with Crippen molar-refractivity contribution in [2.45, 2.75) is 56.9 Å². The first kappa shape index (κ1) is 22.4. The zero-order valence-electron chi connectivity index (χ0n) is 17.1. The van der Waals surface area contributed by atoms with E-state index in [2.05, 4.69) is 11.8 Å². The third-order valence-corrected chi connectivity index (χ3v) is 5.49. The van der Waals surface area contributed by atoms with Gasteiger partial charge in [-0.1, -0.05) is 43.0 Å². The molecule has 6 nitrogen and oxygen atoms in total. The molecule has 160 valence electrons. The highest BCUT2D eigenvalue weighted by molar-refractivity contribution is 5.41. The molecule has 0 radical (unpaired) electrons. The van der Waals surface area contributed by atoms with Crippen molar-refractivity contribution >= 4 is 0 Å². The summed E-state index contributed by atoms with van der Waals surface area (Å²) in [5.41, 5.74) is 4.14. The minimum atomic E-state index is -2.26. The van der Waals surface area contributed by atoms with E-state index in [-0.39, 0.29) is 5.56 Å². The summed E-state index contributed by atoms with van der Waals surface area (Å²) < 4.78 is 5.43. The third kappa shape index (κ3) is 4.42. The second-order valence-corrected chi connectivity index (χ2v) is 7.63. The van der Waals surface area contributed by atoms with Crippen LogP contribution in [0.15, 0.2) is 42.5 Å². The quantitative estimate of drug-likeness (QED) is 0.479. The van der Waals surface area contributed by atoms with Gasteiger partial charge in [-0.2, -0.15) is 0 Å². The Labute approximate surface area is 176 Å². The van der Waals surface area contributed by atoms with E-state index in [4.69, 9.17) is 4.74 Å². The maximum atomic E-state index is 11.0. The Morgan fingerprint density at radius 2 is 1.73 bits per heavy atom. The normalized spacial score (nSPS) is 28.6. The number of aliphatic hydroxyl groups is 5. The van der Waals surface area contributed by atoms with Crippen LogP contribution in [0.2, 0.25) is 0 Å². The molecule has 6 heteroatoms. The molecule has 5 atom stereocenters. The SMILES string of the molecule is CCC#Cc1ccc(Cc2cc([C@@]3(O)O[C@H](CO)[C@@H](O)[C@H](O)[C@H]3O)ccc2C)cc1. The second kappa shape index (κ2) is 9.27. The number of hydrogen-bond donors (Lipinski definition) is 5. The van der Waals surface area contributed by atoms with Crippen LogP contribution in [-0.2, 0) is 16.9 Å². The van der Waals surface area contributed by atoms with Crippen molar-refractivity contribution in [3.8, 4) is 11.8 Å². The molecule has 1 aliphatic rings.